The Labute approximate surface area is 206 Å². The van der Waals surface area contributed by atoms with Crippen LogP contribution in [0, 0.1) is 12.8 Å². The van der Waals surface area contributed by atoms with E-state index in [0.29, 0.717) is 17.2 Å². The van der Waals surface area contributed by atoms with E-state index in [1.54, 1.807) is 13.0 Å². The number of carbonyl (C=O) groups is 1. The average Bonchev–Trinajstić information content (AvgIpc) is 2.84. The topological polar surface area (TPSA) is 61.8 Å². The lowest BCUT2D eigenvalue weighted by Gasteiger charge is -2.34. The van der Waals surface area contributed by atoms with Gasteiger partial charge in [-0.15, -0.1) is 0 Å². The number of piperidine rings is 1. The summed E-state index contributed by atoms with van der Waals surface area (Å²) in [7, 11) is 0. The third-order valence-electron chi connectivity index (χ3n) is 6.07. The number of hydrogen-bond acceptors (Lipinski definition) is 5. The van der Waals surface area contributed by atoms with Crippen LogP contribution in [0.15, 0.2) is 55.2 Å². The van der Waals surface area contributed by atoms with Crippen molar-refractivity contribution in [2.75, 3.05) is 19.6 Å². The zero-order chi connectivity index (χ0) is 25.1. The van der Waals surface area contributed by atoms with Gasteiger partial charge in [0.2, 0.25) is 0 Å². The van der Waals surface area contributed by atoms with E-state index in [9.17, 15) is 9.90 Å². The second-order valence-corrected chi connectivity index (χ2v) is 8.66. The van der Waals surface area contributed by atoms with Crippen molar-refractivity contribution in [2.45, 2.75) is 53.2 Å². The van der Waals surface area contributed by atoms with Gasteiger partial charge in [0.25, 0.3) is 0 Å². The number of hydrogen-bond donors (Lipinski definition) is 2. The molecule has 1 unspecified atom stereocenters. The first-order valence-corrected chi connectivity index (χ1v) is 12.2. The summed E-state index contributed by atoms with van der Waals surface area (Å²) in [6, 6.07) is 13.7. The van der Waals surface area contributed by atoms with Crippen LogP contribution in [-0.4, -0.2) is 35.6 Å². The van der Waals surface area contributed by atoms with Crippen LogP contribution in [0.1, 0.15) is 64.2 Å². The van der Waals surface area contributed by atoms with Gasteiger partial charge in [0.15, 0.2) is 0 Å². The van der Waals surface area contributed by atoms with E-state index in [-0.39, 0.29) is 7.40 Å². The number of ether oxygens (including phenoxy) is 1. The van der Waals surface area contributed by atoms with Gasteiger partial charge in [-0.05, 0) is 67.6 Å². The van der Waals surface area contributed by atoms with E-state index in [4.69, 9.17) is 4.74 Å². The molecule has 2 aromatic rings. The van der Waals surface area contributed by atoms with Gasteiger partial charge in [-0.2, -0.15) is 0 Å². The van der Waals surface area contributed by atoms with Crippen LogP contribution < -0.4 is 10.1 Å². The van der Waals surface area contributed by atoms with Crippen molar-refractivity contribution in [1.29, 1.82) is 0 Å². The van der Waals surface area contributed by atoms with Crippen LogP contribution in [0.3, 0.4) is 0 Å². The molecule has 1 fully saturated rings. The summed E-state index contributed by atoms with van der Waals surface area (Å²) < 4.78 is 5.26. The van der Waals surface area contributed by atoms with Crippen molar-refractivity contribution in [1.82, 2.24) is 10.2 Å². The molecule has 0 aliphatic carbocycles. The molecular formula is C29H42N2O3. The van der Waals surface area contributed by atoms with Crippen molar-refractivity contribution in [3.05, 3.63) is 77.5 Å². The predicted molar refractivity (Wildman–Crippen MR) is 143 cm³/mol. The molecule has 2 aromatic carbocycles. The largest absolute Gasteiger partial charge is 0.426 e. The zero-order valence-electron chi connectivity index (χ0n) is 21.3. The van der Waals surface area contributed by atoms with Crippen LogP contribution in [0.5, 0.6) is 5.75 Å². The number of benzene rings is 2. The SMILES string of the molecule is C=Cc1ccccc1/C=C/N1CCC(CNC(C)(O)c2ccc(C)c(OC(C)=O)c2)CC1.CC.[HH]. The molecule has 5 nitrogen and oxygen atoms in total. The van der Waals surface area contributed by atoms with Crippen molar-refractivity contribution in [3.8, 4) is 5.75 Å². The lowest BCUT2D eigenvalue weighted by molar-refractivity contribution is -0.131. The van der Waals surface area contributed by atoms with Gasteiger partial charge in [-0.3, -0.25) is 10.1 Å². The summed E-state index contributed by atoms with van der Waals surface area (Å²) in [6.45, 7) is 15.6. The lowest BCUT2D eigenvalue weighted by atomic mass is 9.95. The van der Waals surface area contributed by atoms with Gasteiger partial charge >= 0.3 is 5.97 Å². The van der Waals surface area contributed by atoms with Crippen molar-refractivity contribution >= 4 is 18.1 Å². The molecule has 1 saturated heterocycles. The molecule has 3 rings (SSSR count). The summed E-state index contributed by atoms with van der Waals surface area (Å²) in [4.78, 5) is 13.7. The highest BCUT2D eigenvalue weighted by atomic mass is 16.5. The zero-order valence-corrected chi connectivity index (χ0v) is 21.3. The third kappa shape index (κ3) is 7.86. The fourth-order valence-electron chi connectivity index (χ4n) is 3.95. The Balaban J connectivity index is 0.00000199. The van der Waals surface area contributed by atoms with Crippen LogP contribution in [0.4, 0.5) is 0 Å². The molecule has 2 N–H and O–H groups in total. The van der Waals surface area contributed by atoms with Gasteiger partial charge in [0.1, 0.15) is 11.5 Å². The molecular weight excluding hydrogens is 424 g/mol. The quantitative estimate of drug-likeness (QED) is 0.285. The number of nitrogens with one attached hydrogen (secondary N) is 1. The monoisotopic (exact) mass is 466 g/mol. The summed E-state index contributed by atoms with van der Waals surface area (Å²) in [5.41, 5.74) is 2.65. The number of aryl methyl sites for hydroxylation is 1. The average molecular weight is 467 g/mol. The van der Waals surface area contributed by atoms with E-state index >= 15 is 0 Å². The van der Waals surface area contributed by atoms with Crippen LogP contribution in [0.25, 0.3) is 12.2 Å². The molecule has 0 aromatic heterocycles. The molecule has 1 aliphatic rings. The standard InChI is InChI=1S/C27H34N2O3.C2H6.H2/c1-5-23-8-6-7-9-24(23)14-17-29-15-12-22(13-16-29)19-28-27(4,31)25-11-10-20(2)26(18-25)32-21(3)30;1-2;/h5-11,14,17-18,22,28,31H,1,12-13,15-16,19H2,2-4H3;1-2H3;1H/b17-14+;;. The minimum Gasteiger partial charge on any atom is -0.426 e. The van der Waals surface area contributed by atoms with Gasteiger partial charge in [-0.25, -0.2) is 0 Å². The van der Waals surface area contributed by atoms with Gasteiger partial charge in [0, 0.05) is 33.5 Å². The molecule has 0 bridgehead atoms. The highest BCUT2D eigenvalue weighted by Crippen LogP contribution is 2.27. The molecule has 1 atom stereocenters. The molecule has 0 spiro atoms. The van der Waals surface area contributed by atoms with E-state index in [0.717, 1.165) is 43.6 Å². The first-order chi connectivity index (χ1) is 16.3. The van der Waals surface area contributed by atoms with E-state index in [1.165, 1.54) is 12.5 Å². The Morgan fingerprint density at radius 1 is 1.24 bits per heavy atom. The van der Waals surface area contributed by atoms with Crippen molar-refractivity contribution in [3.63, 3.8) is 0 Å². The van der Waals surface area contributed by atoms with Crippen LogP contribution in [-0.2, 0) is 10.5 Å². The number of rotatable bonds is 8. The Hall–Kier alpha value is -2.89. The minimum atomic E-state index is -1.20. The lowest BCUT2D eigenvalue weighted by Crippen LogP contribution is -2.44. The number of aliphatic hydroxyl groups is 1. The number of esters is 1. The normalized spacial score (nSPS) is 15.9. The van der Waals surface area contributed by atoms with E-state index in [1.807, 2.05) is 51.1 Å². The molecule has 1 heterocycles. The second-order valence-electron chi connectivity index (χ2n) is 8.66. The van der Waals surface area contributed by atoms with E-state index < -0.39 is 5.72 Å². The Morgan fingerprint density at radius 3 is 2.50 bits per heavy atom. The molecule has 34 heavy (non-hydrogen) atoms. The molecule has 5 heteroatoms. The number of nitrogens with zero attached hydrogens (tertiary/aromatic N) is 1. The first-order valence-electron chi connectivity index (χ1n) is 12.2. The van der Waals surface area contributed by atoms with Gasteiger partial charge in [0.05, 0.1) is 0 Å². The van der Waals surface area contributed by atoms with Gasteiger partial charge in [-0.1, -0.05) is 62.9 Å². The Bertz CT molecular complexity index is 980. The van der Waals surface area contributed by atoms with Crippen molar-refractivity contribution in [2.24, 2.45) is 5.92 Å². The molecule has 0 amide bonds. The summed E-state index contributed by atoms with van der Waals surface area (Å²) in [5.74, 6) is 0.604. The Morgan fingerprint density at radius 2 is 1.88 bits per heavy atom. The molecule has 0 radical (unpaired) electrons. The van der Waals surface area contributed by atoms with Gasteiger partial charge < -0.3 is 14.7 Å². The number of likely N-dealkylation sites (tertiary alicyclic amines) is 1. The maximum absolute atomic E-state index is 11.3. The Kier molecular flexibility index (Phi) is 10.6. The molecule has 186 valence electrons. The minimum absolute atomic E-state index is 0. The molecule has 1 aliphatic heterocycles. The summed E-state index contributed by atoms with van der Waals surface area (Å²) >= 11 is 0. The number of carbonyl (C=O) groups excluding carboxylic acids is 1. The van der Waals surface area contributed by atoms with Crippen molar-refractivity contribution < 1.29 is 16.1 Å². The van der Waals surface area contributed by atoms with Crippen LogP contribution in [0.2, 0.25) is 0 Å². The highest BCUT2D eigenvalue weighted by Gasteiger charge is 2.26. The maximum Gasteiger partial charge on any atom is 0.308 e. The summed E-state index contributed by atoms with van der Waals surface area (Å²) in [6.07, 6.45) is 8.32. The fraction of sp³-hybridized carbons (Fsp3) is 0.414. The fourth-order valence-corrected chi connectivity index (χ4v) is 3.95. The smallest absolute Gasteiger partial charge is 0.308 e. The summed E-state index contributed by atoms with van der Waals surface area (Å²) in [5, 5.41) is 14.3. The third-order valence-corrected chi connectivity index (χ3v) is 6.07. The first kappa shape index (κ1) is 27.4. The molecule has 0 saturated carbocycles. The highest BCUT2D eigenvalue weighted by molar-refractivity contribution is 5.70. The maximum atomic E-state index is 11.3. The predicted octanol–water partition coefficient (Wildman–Crippen LogP) is 5.97. The van der Waals surface area contributed by atoms with E-state index in [2.05, 4.69) is 41.2 Å². The van der Waals surface area contributed by atoms with Crippen LogP contribution >= 0.6 is 0 Å². The second kappa shape index (κ2) is 13.1.